The number of carbonyl (C=O) groups excluding carboxylic acids is 1. The molecular formula is C17H19ClFN3O3. The van der Waals surface area contributed by atoms with Crippen LogP contribution in [-0.2, 0) is 9.53 Å². The molecule has 25 heavy (non-hydrogen) atoms. The second kappa shape index (κ2) is 8.89. The van der Waals surface area contributed by atoms with Gasteiger partial charge in [-0.25, -0.2) is 14.2 Å². The number of benzene rings is 1. The van der Waals surface area contributed by atoms with Crippen LogP contribution in [0.2, 0.25) is 5.02 Å². The van der Waals surface area contributed by atoms with Gasteiger partial charge >= 0.3 is 5.97 Å². The molecule has 0 saturated heterocycles. The van der Waals surface area contributed by atoms with Crippen LogP contribution in [0.5, 0.6) is 5.75 Å². The zero-order valence-corrected chi connectivity index (χ0v) is 14.9. The van der Waals surface area contributed by atoms with Gasteiger partial charge in [-0.15, -0.1) is 0 Å². The van der Waals surface area contributed by atoms with Crippen molar-refractivity contribution in [3.8, 4) is 5.75 Å². The van der Waals surface area contributed by atoms with E-state index < -0.39 is 11.8 Å². The fourth-order valence-corrected chi connectivity index (χ4v) is 2.15. The second-order valence-electron chi connectivity index (χ2n) is 4.71. The summed E-state index contributed by atoms with van der Waals surface area (Å²) < 4.78 is 24.1. The van der Waals surface area contributed by atoms with Crippen LogP contribution in [0.25, 0.3) is 5.70 Å². The number of methoxy groups -OCH3 is 2. The van der Waals surface area contributed by atoms with Crippen LogP contribution in [0.3, 0.4) is 0 Å². The highest BCUT2D eigenvalue weighted by molar-refractivity contribution is 6.44. The molecule has 0 aliphatic heterocycles. The molecule has 8 heteroatoms. The van der Waals surface area contributed by atoms with Crippen molar-refractivity contribution in [1.29, 1.82) is 0 Å². The van der Waals surface area contributed by atoms with Crippen molar-refractivity contribution in [3.05, 3.63) is 58.7 Å². The molecule has 0 bridgehead atoms. The zero-order chi connectivity index (χ0) is 19.1. The Labute approximate surface area is 150 Å². The highest BCUT2D eigenvalue weighted by atomic mass is 35.5. The summed E-state index contributed by atoms with van der Waals surface area (Å²) in [6, 6.07) is 2.79. The standard InChI is InChI=1S/C17H19ClFN3O3/c1-5-6-11(16(20)21)14(17(23)25-4)22-9(2)10-7-8-12(18)15(24-3)13(10)19/h5-8H,2,20-21H2,1,3-4H3/b6-5+,22-14+. The summed E-state index contributed by atoms with van der Waals surface area (Å²) in [6.45, 7) is 5.39. The van der Waals surface area contributed by atoms with E-state index in [0.29, 0.717) is 0 Å². The van der Waals surface area contributed by atoms with Gasteiger partial charge in [0.25, 0.3) is 0 Å². The minimum atomic E-state index is -0.802. The number of nitrogens with two attached hydrogens (primary N) is 2. The number of rotatable bonds is 6. The van der Waals surface area contributed by atoms with Crippen molar-refractivity contribution < 1.29 is 18.7 Å². The number of ether oxygens (including phenoxy) is 2. The molecule has 6 nitrogen and oxygen atoms in total. The van der Waals surface area contributed by atoms with Crippen molar-refractivity contribution in [3.63, 3.8) is 0 Å². The molecule has 0 aliphatic rings. The molecule has 0 aliphatic carbocycles. The summed E-state index contributed by atoms with van der Waals surface area (Å²) in [5, 5.41) is 0.0921. The van der Waals surface area contributed by atoms with E-state index in [1.807, 2.05) is 0 Å². The largest absolute Gasteiger partial charge is 0.492 e. The summed E-state index contributed by atoms with van der Waals surface area (Å²) in [4.78, 5) is 16.1. The number of allylic oxidation sites excluding steroid dienone is 2. The molecule has 4 N–H and O–H groups in total. The molecule has 1 aromatic rings. The monoisotopic (exact) mass is 367 g/mol. The SMILES string of the molecule is C=C(/N=C(/C(=O)OC)C(/C=C/C)=C(N)N)c1ccc(Cl)c(OC)c1F. The average Bonchev–Trinajstić information content (AvgIpc) is 2.57. The third kappa shape index (κ3) is 4.60. The minimum Gasteiger partial charge on any atom is -0.492 e. The molecule has 0 amide bonds. The Bertz CT molecular complexity index is 782. The van der Waals surface area contributed by atoms with Gasteiger partial charge in [0.05, 0.1) is 24.9 Å². The van der Waals surface area contributed by atoms with E-state index in [4.69, 9.17) is 32.5 Å². The van der Waals surface area contributed by atoms with E-state index in [1.54, 1.807) is 13.0 Å². The Hall–Kier alpha value is -2.80. The van der Waals surface area contributed by atoms with Crippen LogP contribution in [0, 0.1) is 5.82 Å². The van der Waals surface area contributed by atoms with Crippen molar-refractivity contribution in [2.24, 2.45) is 16.5 Å². The summed E-state index contributed by atoms with van der Waals surface area (Å²) in [6.07, 6.45) is 3.10. The number of hydrogen-bond donors (Lipinski definition) is 2. The van der Waals surface area contributed by atoms with Gasteiger partial charge in [-0.2, -0.15) is 0 Å². The van der Waals surface area contributed by atoms with Crippen molar-refractivity contribution in [2.75, 3.05) is 14.2 Å². The lowest BCUT2D eigenvalue weighted by atomic mass is 10.1. The predicted molar refractivity (Wildman–Crippen MR) is 96.7 cm³/mol. The summed E-state index contributed by atoms with van der Waals surface area (Å²) in [5.74, 6) is -1.86. The molecule has 0 saturated carbocycles. The Morgan fingerprint density at radius 1 is 1.36 bits per heavy atom. The maximum Gasteiger partial charge on any atom is 0.357 e. The maximum atomic E-state index is 14.5. The van der Waals surface area contributed by atoms with Crippen molar-refractivity contribution in [2.45, 2.75) is 6.92 Å². The van der Waals surface area contributed by atoms with Crippen molar-refractivity contribution >= 4 is 29.0 Å². The fourth-order valence-electron chi connectivity index (χ4n) is 1.93. The third-order valence-electron chi connectivity index (χ3n) is 3.09. The molecule has 0 heterocycles. The normalized spacial score (nSPS) is 11.3. The fraction of sp³-hybridized carbons (Fsp3) is 0.176. The first-order valence-corrected chi connectivity index (χ1v) is 7.42. The molecular weight excluding hydrogens is 349 g/mol. The first-order chi connectivity index (χ1) is 11.8. The van der Waals surface area contributed by atoms with Crippen LogP contribution in [-0.4, -0.2) is 25.9 Å². The molecule has 0 aromatic heterocycles. The van der Waals surface area contributed by atoms with Gasteiger partial charge in [0.1, 0.15) is 5.82 Å². The molecule has 1 aromatic carbocycles. The zero-order valence-electron chi connectivity index (χ0n) is 14.1. The number of halogens is 2. The third-order valence-corrected chi connectivity index (χ3v) is 3.39. The van der Waals surface area contributed by atoms with Crippen LogP contribution in [0.1, 0.15) is 12.5 Å². The molecule has 0 unspecified atom stereocenters. The van der Waals surface area contributed by atoms with E-state index in [9.17, 15) is 9.18 Å². The van der Waals surface area contributed by atoms with Crippen LogP contribution < -0.4 is 16.2 Å². The lowest BCUT2D eigenvalue weighted by molar-refractivity contribution is -0.132. The van der Waals surface area contributed by atoms with Crippen LogP contribution >= 0.6 is 11.6 Å². The molecule has 0 spiro atoms. The van der Waals surface area contributed by atoms with Gasteiger partial charge in [0, 0.05) is 11.1 Å². The molecule has 1 rings (SSSR count). The van der Waals surface area contributed by atoms with Gasteiger partial charge in [0.15, 0.2) is 17.3 Å². The van der Waals surface area contributed by atoms with E-state index in [0.717, 1.165) is 0 Å². The predicted octanol–water partition coefficient (Wildman–Crippen LogP) is 2.78. The van der Waals surface area contributed by atoms with Gasteiger partial charge in [-0.1, -0.05) is 30.3 Å². The van der Waals surface area contributed by atoms with Gasteiger partial charge in [-0.3, -0.25) is 0 Å². The van der Waals surface area contributed by atoms with E-state index >= 15 is 0 Å². The smallest absolute Gasteiger partial charge is 0.357 e. The summed E-state index contributed by atoms with van der Waals surface area (Å²) >= 11 is 5.86. The van der Waals surface area contributed by atoms with E-state index in [1.165, 1.54) is 32.4 Å². The van der Waals surface area contributed by atoms with Gasteiger partial charge < -0.3 is 20.9 Å². The molecule has 134 valence electrons. The Morgan fingerprint density at radius 2 is 2.00 bits per heavy atom. The van der Waals surface area contributed by atoms with Crippen LogP contribution in [0.15, 0.2) is 47.3 Å². The first kappa shape index (κ1) is 20.2. The molecule has 0 fully saturated rings. The molecule has 0 atom stereocenters. The Morgan fingerprint density at radius 3 is 2.48 bits per heavy atom. The highest BCUT2D eigenvalue weighted by Gasteiger charge is 2.21. The number of esters is 1. The van der Waals surface area contributed by atoms with E-state index in [-0.39, 0.29) is 39.1 Å². The average molecular weight is 368 g/mol. The second-order valence-corrected chi connectivity index (χ2v) is 5.12. The number of aliphatic imine (C=N–C) groups is 1. The minimum absolute atomic E-state index is 0.00178. The Kier molecular flexibility index (Phi) is 7.20. The summed E-state index contributed by atoms with van der Waals surface area (Å²) in [5.41, 5.74) is 11.1. The lowest BCUT2D eigenvalue weighted by Crippen LogP contribution is -2.24. The quantitative estimate of drug-likeness (QED) is 0.457. The van der Waals surface area contributed by atoms with Crippen molar-refractivity contribution in [1.82, 2.24) is 0 Å². The topological polar surface area (TPSA) is 99.9 Å². The van der Waals surface area contributed by atoms with Gasteiger partial charge in [-0.05, 0) is 19.1 Å². The Balaban J connectivity index is 3.53. The van der Waals surface area contributed by atoms with E-state index in [2.05, 4.69) is 11.6 Å². The highest BCUT2D eigenvalue weighted by Crippen LogP contribution is 2.32. The molecule has 0 radical (unpaired) electrons. The van der Waals surface area contributed by atoms with Gasteiger partial charge in [0.2, 0.25) is 0 Å². The van der Waals surface area contributed by atoms with Crippen LogP contribution in [0.4, 0.5) is 4.39 Å². The summed E-state index contributed by atoms with van der Waals surface area (Å²) in [7, 11) is 2.45. The lowest BCUT2D eigenvalue weighted by Gasteiger charge is -2.11. The number of carbonyl (C=O) groups is 1. The maximum absolute atomic E-state index is 14.5. The number of hydrogen-bond acceptors (Lipinski definition) is 6. The first-order valence-electron chi connectivity index (χ1n) is 7.04. The number of nitrogens with zero attached hydrogens (tertiary/aromatic N) is 1.